The van der Waals surface area contributed by atoms with Crippen molar-refractivity contribution in [3.8, 4) is 0 Å². The molecule has 0 aromatic rings. The maximum atomic E-state index is 12.2. The maximum absolute atomic E-state index is 12.2. The van der Waals surface area contributed by atoms with Gasteiger partial charge in [-0.2, -0.15) is 0 Å². The van der Waals surface area contributed by atoms with Crippen molar-refractivity contribution < 1.29 is 17.9 Å². The molecule has 0 spiro atoms. The summed E-state index contributed by atoms with van der Waals surface area (Å²) in [6.07, 6.45) is 6.00. The van der Waals surface area contributed by atoms with E-state index in [-0.39, 0.29) is 37.3 Å². The third-order valence-corrected chi connectivity index (χ3v) is 6.12. The molecule has 3 aliphatic rings. The molecule has 2 saturated heterocycles. The Balaban J connectivity index is 0.00000225. The van der Waals surface area contributed by atoms with Crippen LogP contribution in [0.15, 0.2) is 0 Å². The summed E-state index contributed by atoms with van der Waals surface area (Å²) >= 11 is 0. The number of amides is 1. The Hall–Kier alpha value is -0.410. The number of carbonyl (C=O) groups is 1. The highest BCUT2D eigenvalue weighted by molar-refractivity contribution is 7.88. The summed E-state index contributed by atoms with van der Waals surface area (Å²) in [5.74, 6) is 1.23. The van der Waals surface area contributed by atoms with Crippen molar-refractivity contribution in [1.29, 1.82) is 0 Å². The van der Waals surface area contributed by atoms with Gasteiger partial charge in [-0.3, -0.25) is 9.69 Å². The van der Waals surface area contributed by atoms with Crippen LogP contribution in [0.4, 0.5) is 0 Å². The first-order valence-electron chi connectivity index (χ1n) is 8.98. The van der Waals surface area contributed by atoms with E-state index in [0.717, 1.165) is 51.3 Å². The highest BCUT2D eigenvalue weighted by Crippen LogP contribution is 2.42. The monoisotopic (exact) mass is 395 g/mol. The SMILES string of the molecule is CS(=O)(=O)NCCC(=O)N[C@H]1CN(C2CCOCC2)C[C@@H]1C1CC1.Cl. The number of nitrogens with zero attached hydrogens (tertiary/aromatic N) is 1. The van der Waals surface area contributed by atoms with E-state index >= 15 is 0 Å². The molecule has 1 saturated carbocycles. The minimum atomic E-state index is -3.23. The zero-order valence-corrected chi connectivity index (χ0v) is 16.4. The molecule has 0 bridgehead atoms. The molecule has 3 rings (SSSR count). The summed E-state index contributed by atoms with van der Waals surface area (Å²) in [4.78, 5) is 14.7. The van der Waals surface area contributed by atoms with Crippen LogP contribution in [0.1, 0.15) is 32.1 Å². The van der Waals surface area contributed by atoms with Crippen molar-refractivity contribution >= 4 is 28.3 Å². The molecule has 0 radical (unpaired) electrons. The van der Waals surface area contributed by atoms with Crippen molar-refractivity contribution in [2.24, 2.45) is 11.8 Å². The number of hydrogen-bond donors (Lipinski definition) is 2. The first-order chi connectivity index (χ1) is 11.4. The summed E-state index contributed by atoms with van der Waals surface area (Å²) in [5, 5.41) is 3.16. The summed E-state index contributed by atoms with van der Waals surface area (Å²) in [6.45, 7) is 3.82. The molecule has 2 heterocycles. The van der Waals surface area contributed by atoms with E-state index in [1.165, 1.54) is 12.8 Å². The van der Waals surface area contributed by atoms with Gasteiger partial charge >= 0.3 is 0 Å². The fourth-order valence-electron chi connectivity index (χ4n) is 3.99. The molecule has 7 nitrogen and oxygen atoms in total. The molecule has 25 heavy (non-hydrogen) atoms. The van der Waals surface area contributed by atoms with Crippen molar-refractivity contribution in [2.75, 3.05) is 39.1 Å². The zero-order valence-electron chi connectivity index (χ0n) is 14.8. The fraction of sp³-hybridized carbons (Fsp3) is 0.938. The minimum Gasteiger partial charge on any atom is -0.381 e. The standard InChI is InChI=1S/C16H29N3O4S.ClH/c1-24(21,22)17-7-4-16(20)18-15-11-19(10-14(15)12-2-3-12)13-5-8-23-9-6-13;/h12-15,17H,2-11H2,1H3,(H,18,20);1H/t14-,15+;/m1./s1. The molecule has 2 aliphatic heterocycles. The second-order valence-electron chi connectivity index (χ2n) is 7.39. The predicted molar refractivity (Wildman–Crippen MR) is 98.3 cm³/mol. The molecule has 9 heteroatoms. The summed E-state index contributed by atoms with van der Waals surface area (Å²) in [7, 11) is -3.23. The van der Waals surface area contributed by atoms with Crippen molar-refractivity contribution in [3.63, 3.8) is 0 Å². The highest BCUT2D eigenvalue weighted by Gasteiger charge is 2.44. The highest BCUT2D eigenvalue weighted by atomic mass is 35.5. The van der Waals surface area contributed by atoms with Crippen LogP contribution in [0.5, 0.6) is 0 Å². The van der Waals surface area contributed by atoms with Crippen molar-refractivity contribution in [2.45, 2.75) is 44.2 Å². The van der Waals surface area contributed by atoms with Gasteiger partial charge in [0.2, 0.25) is 15.9 Å². The number of likely N-dealkylation sites (tertiary alicyclic amines) is 1. The maximum Gasteiger partial charge on any atom is 0.221 e. The molecule has 2 N–H and O–H groups in total. The first-order valence-corrected chi connectivity index (χ1v) is 10.9. The molecular formula is C16H30ClN3O4S. The van der Waals surface area contributed by atoms with Gasteiger partial charge in [0.25, 0.3) is 0 Å². The lowest BCUT2D eigenvalue weighted by atomic mass is 9.98. The van der Waals surface area contributed by atoms with E-state index < -0.39 is 10.0 Å². The quantitative estimate of drug-likeness (QED) is 0.649. The van der Waals surface area contributed by atoms with Crippen LogP contribution in [-0.2, 0) is 19.6 Å². The van der Waals surface area contributed by atoms with E-state index in [1.54, 1.807) is 0 Å². The van der Waals surface area contributed by atoms with Crippen molar-refractivity contribution in [3.05, 3.63) is 0 Å². The van der Waals surface area contributed by atoms with E-state index in [2.05, 4.69) is 14.9 Å². The van der Waals surface area contributed by atoms with E-state index in [0.29, 0.717) is 12.0 Å². The summed E-state index contributed by atoms with van der Waals surface area (Å²) in [6, 6.07) is 0.778. The van der Waals surface area contributed by atoms with Crippen LogP contribution in [0.2, 0.25) is 0 Å². The van der Waals surface area contributed by atoms with Crippen molar-refractivity contribution in [1.82, 2.24) is 14.9 Å². The Morgan fingerprint density at radius 3 is 2.44 bits per heavy atom. The van der Waals surface area contributed by atoms with Gasteiger partial charge in [0.05, 0.1) is 6.26 Å². The predicted octanol–water partition coefficient (Wildman–Crippen LogP) is 0.353. The third-order valence-electron chi connectivity index (χ3n) is 5.39. The molecule has 0 aromatic heterocycles. The molecule has 2 atom stereocenters. The van der Waals surface area contributed by atoms with E-state index in [4.69, 9.17) is 4.74 Å². The lowest BCUT2D eigenvalue weighted by molar-refractivity contribution is -0.121. The van der Waals surface area contributed by atoms with E-state index in [1.807, 2.05) is 0 Å². The molecule has 0 aromatic carbocycles. The second-order valence-corrected chi connectivity index (χ2v) is 9.22. The topological polar surface area (TPSA) is 87.7 Å². The van der Waals surface area contributed by atoms with Gasteiger partial charge in [-0.05, 0) is 37.5 Å². The van der Waals surface area contributed by atoms with Crippen LogP contribution >= 0.6 is 12.4 Å². The average molecular weight is 396 g/mol. The second kappa shape index (κ2) is 8.99. The summed E-state index contributed by atoms with van der Waals surface area (Å²) < 4.78 is 30.0. The van der Waals surface area contributed by atoms with Gasteiger partial charge in [0.15, 0.2) is 0 Å². The number of rotatable bonds is 7. The lowest BCUT2D eigenvalue weighted by Gasteiger charge is -2.31. The molecule has 1 amide bonds. The number of nitrogens with one attached hydrogen (secondary N) is 2. The van der Waals surface area contributed by atoms with Gasteiger partial charge in [-0.25, -0.2) is 13.1 Å². The van der Waals surface area contributed by atoms with Crippen LogP contribution in [-0.4, -0.2) is 70.4 Å². The Morgan fingerprint density at radius 2 is 1.84 bits per heavy atom. The normalized spacial score (nSPS) is 28.5. The van der Waals surface area contributed by atoms with Crippen LogP contribution < -0.4 is 10.0 Å². The molecule has 0 unspecified atom stereocenters. The number of ether oxygens (including phenoxy) is 1. The number of hydrogen-bond acceptors (Lipinski definition) is 5. The number of halogens is 1. The molecule has 1 aliphatic carbocycles. The van der Waals surface area contributed by atoms with E-state index in [9.17, 15) is 13.2 Å². The van der Waals surface area contributed by atoms with Crippen LogP contribution in [0, 0.1) is 11.8 Å². The van der Waals surface area contributed by atoms with Gasteiger partial charge in [-0.15, -0.1) is 12.4 Å². The Kier molecular flexibility index (Phi) is 7.52. The van der Waals surface area contributed by atoms with Gasteiger partial charge in [0.1, 0.15) is 0 Å². The lowest BCUT2D eigenvalue weighted by Crippen LogP contribution is -2.43. The van der Waals surface area contributed by atoms with Gasteiger partial charge in [0, 0.05) is 51.4 Å². The third kappa shape index (κ3) is 6.36. The van der Waals surface area contributed by atoms with Crippen LogP contribution in [0.25, 0.3) is 0 Å². The fourth-order valence-corrected chi connectivity index (χ4v) is 4.47. The van der Waals surface area contributed by atoms with Gasteiger partial charge < -0.3 is 10.1 Å². The zero-order chi connectivity index (χ0) is 17.2. The Morgan fingerprint density at radius 1 is 1.16 bits per heavy atom. The number of carbonyl (C=O) groups excluding carboxylic acids is 1. The molecular weight excluding hydrogens is 366 g/mol. The average Bonchev–Trinajstić information content (AvgIpc) is 3.28. The molecule has 146 valence electrons. The Bertz CT molecular complexity index is 550. The minimum absolute atomic E-state index is 0. The first kappa shape index (κ1) is 20.9. The smallest absolute Gasteiger partial charge is 0.221 e. The molecule has 3 fully saturated rings. The summed E-state index contributed by atoms with van der Waals surface area (Å²) in [5.41, 5.74) is 0. The van der Waals surface area contributed by atoms with Crippen LogP contribution in [0.3, 0.4) is 0 Å². The number of sulfonamides is 1. The van der Waals surface area contributed by atoms with Gasteiger partial charge in [-0.1, -0.05) is 0 Å². The Labute approximate surface area is 156 Å². The largest absolute Gasteiger partial charge is 0.381 e.